The average Bonchev–Trinajstić information content (AvgIpc) is 2.05. The predicted molar refractivity (Wildman–Crippen MR) is 57.0 cm³/mol. The van der Waals surface area contributed by atoms with Crippen LogP contribution in [0, 0.1) is 0 Å². The summed E-state index contributed by atoms with van der Waals surface area (Å²) in [5, 5.41) is 0. The molecular weight excluding hydrogens is 151 g/mol. The van der Waals surface area contributed by atoms with E-state index in [0.29, 0.717) is 7.92 Å². The lowest BCUT2D eigenvalue weighted by molar-refractivity contribution is 0.866. The number of unbranched alkanes of at least 4 members (excludes halogenated alkanes) is 2. The van der Waals surface area contributed by atoms with E-state index >= 15 is 0 Å². The number of hydrogen-bond acceptors (Lipinski definition) is 0. The monoisotopic (exact) mass is 174 g/mol. The van der Waals surface area contributed by atoms with Crippen LogP contribution in [0.4, 0.5) is 0 Å². The first-order chi connectivity index (χ1) is 5.35. The van der Waals surface area contributed by atoms with Crippen molar-refractivity contribution in [2.75, 3.05) is 18.5 Å². The summed E-state index contributed by atoms with van der Waals surface area (Å²) < 4.78 is 0. The van der Waals surface area contributed by atoms with Crippen molar-refractivity contribution < 1.29 is 0 Å². The molecule has 68 valence electrons. The van der Waals surface area contributed by atoms with E-state index in [-0.39, 0.29) is 0 Å². The highest BCUT2D eigenvalue weighted by molar-refractivity contribution is 7.57. The van der Waals surface area contributed by atoms with Gasteiger partial charge in [0.1, 0.15) is 0 Å². The summed E-state index contributed by atoms with van der Waals surface area (Å²) >= 11 is 0. The molecule has 0 aliphatic rings. The van der Waals surface area contributed by atoms with Crippen molar-refractivity contribution in [3.05, 3.63) is 0 Å². The SMILES string of the molecule is CCCCP(CC)CCCC. The predicted octanol–water partition coefficient (Wildman–Crippen LogP) is 4.09. The second-order valence-corrected chi connectivity index (χ2v) is 6.01. The van der Waals surface area contributed by atoms with E-state index in [1.807, 2.05) is 0 Å². The number of rotatable bonds is 7. The Morgan fingerprint density at radius 3 is 1.55 bits per heavy atom. The maximum absolute atomic E-state index is 2.36. The van der Waals surface area contributed by atoms with Gasteiger partial charge < -0.3 is 0 Å². The van der Waals surface area contributed by atoms with Crippen molar-refractivity contribution in [2.24, 2.45) is 0 Å². The number of hydrogen-bond donors (Lipinski definition) is 0. The van der Waals surface area contributed by atoms with E-state index in [9.17, 15) is 0 Å². The molecule has 0 unspecified atom stereocenters. The third kappa shape index (κ3) is 6.81. The minimum absolute atomic E-state index is 0.430. The fraction of sp³-hybridized carbons (Fsp3) is 1.00. The smallest absolute Gasteiger partial charge is 0.0326 e. The first-order valence-electron chi connectivity index (χ1n) is 5.07. The van der Waals surface area contributed by atoms with E-state index in [0.717, 1.165) is 0 Å². The van der Waals surface area contributed by atoms with E-state index in [4.69, 9.17) is 0 Å². The molecule has 0 aliphatic carbocycles. The van der Waals surface area contributed by atoms with Crippen LogP contribution in [0.25, 0.3) is 0 Å². The van der Waals surface area contributed by atoms with Gasteiger partial charge >= 0.3 is 0 Å². The molecule has 11 heavy (non-hydrogen) atoms. The third-order valence-corrected chi connectivity index (χ3v) is 4.89. The molecule has 0 nitrogen and oxygen atoms in total. The summed E-state index contributed by atoms with van der Waals surface area (Å²) in [7, 11) is 0.430. The lowest BCUT2D eigenvalue weighted by Crippen LogP contribution is -1.92. The maximum Gasteiger partial charge on any atom is -0.0326 e. The van der Waals surface area contributed by atoms with Gasteiger partial charge in [-0.05, 0) is 31.3 Å². The molecule has 1 heteroatoms. The summed E-state index contributed by atoms with van der Waals surface area (Å²) in [4.78, 5) is 0. The molecule has 0 N–H and O–H groups in total. The van der Waals surface area contributed by atoms with Crippen molar-refractivity contribution in [1.29, 1.82) is 0 Å². The van der Waals surface area contributed by atoms with Gasteiger partial charge in [0, 0.05) is 0 Å². The van der Waals surface area contributed by atoms with Crippen LogP contribution < -0.4 is 0 Å². The Morgan fingerprint density at radius 1 is 0.818 bits per heavy atom. The van der Waals surface area contributed by atoms with E-state index in [1.54, 1.807) is 0 Å². The quantitative estimate of drug-likeness (QED) is 0.510. The van der Waals surface area contributed by atoms with Crippen LogP contribution in [0.1, 0.15) is 46.5 Å². The molecule has 0 aromatic heterocycles. The summed E-state index contributed by atoms with van der Waals surface area (Å²) in [6.07, 6.45) is 10.2. The minimum Gasteiger partial charge on any atom is -0.107 e. The van der Waals surface area contributed by atoms with Gasteiger partial charge in [-0.15, -0.1) is 7.92 Å². The van der Waals surface area contributed by atoms with Gasteiger partial charge in [0.05, 0.1) is 0 Å². The van der Waals surface area contributed by atoms with Crippen LogP contribution in [-0.2, 0) is 0 Å². The zero-order valence-electron chi connectivity index (χ0n) is 8.40. The fourth-order valence-electron chi connectivity index (χ4n) is 1.19. The Balaban J connectivity index is 3.25. The second-order valence-electron chi connectivity index (χ2n) is 3.14. The molecule has 0 aromatic carbocycles. The van der Waals surface area contributed by atoms with Crippen molar-refractivity contribution in [2.45, 2.75) is 46.5 Å². The third-order valence-electron chi connectivity index (χ3n) is 2.10. The molecule has 0 amide bonds. The van der Waals surface area contributed by atoms with Crippen LogP contribution in [0.5, 0.6) is 0 Å². The summed E-state index contributed by atoms with van der Waals surface area (Å²) in [6, 6.07) is 0. The zero-order valence-corrected chi connectivity index (χ0v) is 9.29. The Morgan fingerprint density at radius 2 is 1.27 bits per heavy atom. The van der Waals surface area contributed by atoms with E-state index in [1.165, 1.54) is 44.2 Å². The van der Waals surface area contributed by atoms with Gasteiger partial charge in [-0.25, -0.2) is 0 Å². The molecule has 0 radical (unpaired) electrons. The van der Waals surface area contributed by atoms with Crippen LogP contribution in [0.15, 0.2) is 0 Å². The minimum atomic E-state index is 0.430. The standard InChI is InChI=1S/C10H23P/c1-4-7-9-11(6-3)10-8-5-2/h4-10H2,1-3H3. The highest BCUT2D eigenvalue weighted by Crippen LogP contribution is 2.36. The van der Waals surface area contributed by atoms with Gasteiger partial charge in [0.25, 0.3) is 0 Å². The topological polar surface area (TPSA) is 0 Å². The molecule has 0 atom stereocenters. The first kappa shape index (κ1) is 11.4. The van der Waals surface area contributed by atoms with Crippen LogP contribution in [-0.4, -0.2) is 18.5 Å². The molecule has 0 heterocycles. The lowest BCUT2D eigenvalue weighted by atomic mass is 10.4. The molecule has 0 bridgehead atoms. The average molecular weight is 174 g/mol. The molecule has 0 aromatic rings. The van der Waals surface area contributed by atoms with Gasteiger partial charge in [0.2, 0.25) is 0 Å². The largest absolute Gasteiger partial charge is 0.107 e. The van der Waals surface area contributed by atoms with Crippen molar-refractivity contribution in [3.8, 4) is 0 Å². The van der Waals surface area contributed by atoms with Crippen molar-refractivity contribution >= 4 is 7.92 Å². The van der Waals surface area contributed by atoms with Gasteiger partial charge in [-0.2, -0.15) is 0 Å². The molecule has 0 rings (SSSR count). The Bertz CT molecular complexity index is 63.3. The van der Waals surface area contributed by atoms with E-state index < -0.39 is 0 Å². The van der Waals surface area contributed by atoms with Crippen LogP contribution in [0.2, 0.25) is 0 Å². The van der Waals surface area contributed by atoms with Crippen LogP contribution in [0.3, 0.4) is 0 Å². The maximum atomic E-state index is 2.36. The Labute approximate surface area is 73.5 Å². The molecule has 0 fully saturated rings. The summed E-state index contributed by atoms with van der Waals surface area (Å²) in [5.41, 5.74) is 0. The first-order valence-corrected chi connectivity index (χ1v) is 6.97. The van der Waals surface area contributed by atoms with Gasteiger partial charge in [-0.3, -0.25) is 0 Å². The normalized spacial score (nSPS) is 10.9. The van der Waals surface area contributed by atoms with E-state index in [2.05, 4.69) is 20.8 Å². The van der Waals surface area contributed by atoms with Crippen LogP contribution >= 0.6 is 7.92 Å². The fourth-order valence-corrected chi connectivity index (χ4v) is 3.57. The molecule has 0 spiro atoms. The Hall–Kier alpha value is 0.430. The van der Waals surface area contributed by atoms with Crippen molar-refractivity contribution in [3.63, 3.8) is 0 Å². The van der Waals surface area contributed by atoms with Gasteiger partial charge in [0.15, 0.2) is 0 Å². The molecule has 0 aliphatic heterocycles. The summed E-state index contributed by atoms with van der Waals surface area (Å²) in [5.74, 6) is 0. The zero-order chi connectivity index (χ0) is 8.53. The lowest BCUT2D eigenvalue weighted by Gasteiger charge is -2.13. The Kier molecular flexibility index (Phi) is 8.86. The van der Waals surface area contributed by atoms with Gasteiger partial charge in [-0.1, -0.05) is 33.6 Å². The molecule has 0 saturated carbocycles. The highest BCUT2D eigenvalue weighted by Gasteiger charge is 2.02. The molecule has 0 saturated heterocycles. The second kappa shape index (κ2) is 8.53. The summed E-state index contributed by atoms with van der Waals surface area (Å²) in [6.45, 7) is 6.95. The molecular formula is C10H23P. The highest BCUT2D eigenvalue weighted by atomic mass is 31.1. The van der Waals surface area contributed by atoms with Crippen molar-refractivity contribution in [1.82, 2.24) is 0 Å².